The molecule has 1 heterocycles. The summed E-state index contributed by atoms with van der Waals surface area (Å²) in [7, 11) is 0. The molecule has 0 spiro atoms. The van der Waals surface area contributed by atoms with Crippen molar-refractivity contribution in [2.45, 2.75) is 27.7 Å². The van der Waals surface area contributed by atoms with Crippen molar-refractivity contribution in [3.63, 3.8) is 0 Å². The number of allylic oxidation sites excluding steroid dienone is 2. The van der Waals surface area contributed by atoms with E-state index in [4.69, 9.17) is 0 Å². The van der Waals surface area contributed by atoms with Gasteiger partial charge in [-0.3, -0.25) is 4.79 Å². The van der Waals surface area contributed by atoms with Crippen molar-refractivity contribution >= 4 is 11.5 Å². The van der Waals surface area contributed by atoms with Crippen molar-refractivity contribution in [3.05, 3.63) is 53.7 Å². The van der Waals surface area contributed by atoms with Gasteiger partial charge in [0.15, 0.2) is 0 Å². The lowest BCUT2D eigenvalue weighted by Gasteiger charge is -2.28. The van der Waals surface area contributed by atoms with Gasteiger partial charge in [-0.25, -0.2) is 0 Å². The number of benzene rings is 1. The normalized spacial score (nSPS) is 15.4. The van der Waals surface area contributed by atoms with Gasteiger partial charge in [0.2, 0.25) is 5.91 Å². The minimum Gasteiger partial charge on any atom is -0.315 e. The molecule has 0 fully saturated rings. The minimum atomic E-state index is -0.334. The zero-order valence-electron chi connectivity index (χ0n) is 12.1. The molecule has 2 heteroatoms. The van der Waals surface area contributed by atoms with E-state index >= 15 is 0 Å². The van der Waals surface area contributed by atoms with E-state index in [1.54, 1.807) is 4.90 Å². The molecule has 1 aromatic carbocycles. The molecule has 0 aromatic heterocycles. The Balaban J connectivity index is 2.11. The lowest BCUT2D eigenvalue weighted by molar-refractivity contribution is -0.136. The average molecular weight is 255 g/mol. The number of rotatable bonds is 1. The zero-order chi connectivity index (χ0) is 14.0. The fourth-order valence-corrected chi connectivity index (χ4v) is 2.04. The summed E-state index contributed by atoms with van der Waals surface area (Å²) in [6.07, 6.45) is 6.01. The van der Waals surface area contributed by atoms with E-state index < -0.39 is 0 Å². The van der Waals surface area contributed by atoms with E-state index in [0.29, 0.717) is 6.54 Å². The summed E-state index contributed by atoms with van der Waals surface area (Å²) in [6.45, 7) is 8.57. The van der Waals surface area contributed by atoms with Crippen molar-refractivity contribution in [3.8, 4) is 0 Å². The molecule has 2 nitrogen and oxygen atoms in total. The quantitative estimate of drug-likeness (QED) is 0.748. The van der Waals surface area contributed by atoms with Gasteiger partial charge in [0, 0.05) is 18.2 Å². The maximum Gasteiger partial charge on any atom is 0.232 e. The van der Waals surface area contributed by atoms with Gasteiger partial charge in [-0.15, -0.1) is 0 Å². The van der Waals surface area contributed by atoms with Gasteiger partial charge in [-0.2, -0.15) is 0 Å². The Kier molecular flexibility index (Phi) is 3.61. The van der Waals surface area contributed by atoms with Crippen LogP contribution in [0.15, 0.2) is 42.6 Å². The Bertz CT molecular complexity index is 529. The van der Waals surface area contributed by atoms with Crippen molar-refractivity contribution in [2.75, 3.05) is 6.54 Å². The van der Waals surface area contributed by atoms with E-state index in [1.165, 1.54) is 16.7 Å². The molecule has 0 bridgehead atoms. The molecule has 1 aliphatic heterocycles. The highest BCUT2D eigenvalue weighted by atomic mass is 16.2. The summed E-state index contributed by atoms with van der Waals surface area (Å²) in [5, 5.41) is 0. The van der Waals surface area contributed by atoms with Crippen LogP contribution in [-0.4, -0.2) is 17.4 Å². The molecule has 1 aromatic rings. The Labute approximate surface area is 115 Å². The average Bonchev–Trinajstić information content (AvgIpc) is 2.38. The van der Waals surface area contributed by atoms with Crippen LogP contribution in [0.3, 0.4) is 0 Å². The Morgan fingerprint density at radius 3 is 2.26 bits per heavy atom. The largest absolute Gasteiger partial charge is 0.315 e. The first kappa shape index (κ1) is 13.6. The van der Waals surface area contributed by atoms with Crippen LogP contribution in [0.4, 0.5) is 0 Å². The lowest BCUT2D eigenvalue weighted by Crippen LogP contribution is -2.36. The molecule has 0 radical (unpaired) electrons. The number of carbonyl (C=O) groups excluding carboxylic acids is 1. The molecule has 0 aliphatic carbocycles. The van der Waals surface area contributed by atoms with E-state index in [9.17, 15) is 4.79 Å². The number of amides is 1. The highest BCUT2D eigenvalue weighted by Crippen LogP contribution is 2.23. The van der Waals surface area contributed by atoms with Crippen LogP contribution in [0, 0.1) is 12.3 Å². The van der Waals surface area contributed by atoms with Crippen LogP contribution < -0.4 is 0 Å². The summed E-state index contributed by atoms with van der Waals surface area (Å²) in [4.78, 5) is 13.9. The molecule has 0 saturated carbocycles. The first-order valence-corrected chi connectivity index (χ1v) is 6.64. The maximum absolute atomic E-state index is 12.2. The van der Waals surface area contributed by atoms with E-state index in [-0.39, 0.29) is 11.3 Å². The molecule has 2 rings (SSSR count). The summed E-state index contributed by atoms with van der Waals surface area (Å²) >= 11 is 0. The molecule has 0 N–H and O–H groups in total. The predicted molar refractivity (Wildman–Crippen MR) is 79.5 cm³/mol. The number of nitrogens with zero attached hydrogens (tertiary/aromatic N) is 1. The van der Waals surface area contributed by atoms with Crippen LogP contribution >= 0.6 is 0 Å². The topological polar surface area (TPSA) is 20.3 Å². The Morgan fingerprint density at radius 1 is 1.16 bits per heavy atom. The van der Waals surface area contributed by atoms with Crippen LogP contribution in [0.25, 0.3) is 5.57 Å². The number of aryl methyl sites for hydroxylation is 1. The summed E-state index contributed by atoms with van der Waals surface area (Å²) in [5.41, 5.74) is 3.30. The zero-order valence-corrected chi connectivity index (χ0v) is 12.1. The first-order chi connectivity index (χ1) is 8.88. The fourth-order valence-electron chi connectivity index (χ4n) is 2.04. The maximum atomic E-state index is 12.2. The number of hydrogen-bond donors (Lipinski definition) is 0. The summed E-state index contributed by atoms with van der Waals surface area (Å²) < 4.78 is 0. The molecule has 0 saturated heterocycles. The standard InChI is InChI=1S/C17H21NO/c1-13-5-7-14(8-6-13)15-9-11-18(12-10-15)16(19)17(2,3)4/h5-11H,12H2,1-4H3. The van der Waals surface area contributed by atoms with Gasteiger partial charge in [0.1, 0.15) is 0 Å². The molecular weight excluding hydrogens is 234 g/mol. The molecule has 0 atom stereocenters. The predicted octanol–water partition coefficient (Wildman–Crippen LogP) is 3.78. The lowest BCUT2D eigenvalue weighted by atomic mass is 9.94. The van der Waals surface area contributed by atoms with Crippen LogP contribution in [0.2, 0.25) is 0 Å². The highest BCUT2D eigenvalue weighted by Gasteiger charge is 2.26. The SMILES string of the molecule is Cc1ccc(C2=CCN(C(=O)C(C)(C)C)C=C2)cc1. The third-order valence-corrected chi connectivity index (χ3v) is 3.23. The Hall–Kier alpha value is -1.83. The van der Waals surface area contributed by atoms with Crippen molar-refractivity contribution in [2.24, 2.45) is 5.41 Å². The molecule has 19 heavy (non-hydrogen) atoms. The van der Waals surface area contributed by atoms with Gasteiger partial charge in [-0.05, 0) is 24.1 Å². The third kappa shape index (κ3) is 3.14. The van der Waals surface area contributed by atoms with Crippen LogP contribution in [-0.2, 0) is 4.79 Å². The van der Waals surface area contributed by atoms with Crippen LogP contribution in [0.1, 0.15) is 31.9 Å². The van der Waals surface area contributed by atoms with Gasteiger partial charge in [-0.1, -0.05) is 56.7 Å². The second kappa shape index (κ2) is 5.04. The monoisotopic (exact) mass is 255 g/mol. The summed E-state index contributed by atoms with van der Waals surface area (Å²) in [5.74, 6) is 0.156. The van der Waals surface area contributed by atoms with Crippen molar-refractivity contribution < 1.29 is 4.79 Å². The van der Waals surface area contributed by atoms with E-state index in [0.717, 1.165) is 0 Å². The second-order valence-corrected chi connectivity index (χ2v) is 6.05. The molecule has 100 valence electrons. The van der Waals surface area contributed by atoms with E-state index in [2.05, 4.69) is 37.3 Å². The van der Waals surface area contributed by atoms with Crippen molar-refractivity contribution in [1.29, 1.82) is 0 Å². The van der Waals surface area contributed by atoms with Gasteiger partial charge < -0.3 is 4.90 Å². The molecule has 0 unspecified atom stereocenters. The number of hydrogen-bond acceptors (Lipinski definition) is 1. The van der Waals surface area contributed by atoms with Crippen molar-refractivity contribution in [1.82, 2.24) is 4.90 Å². The van der Waals surface area contributed by atoms with Crippen LogP contribution in [0.5, 0.6) is 0 Å². The number of carbonyl (C=O) groups is 1. The minimum absolute atomic E-state index is 0.156. The molecular formula is C17H21NO. The second-order valence-electron chi connectivity index (χ2n) is 6.05. The fraction of sp³-hybridized carbons (Fsp3) is 0.353. The molecule has 1 amide bonds. The third-order valence-electron chi connectivity index (χ3n) is 3.23. The smallest absolute Gasteiger partial charge is 0.232 e. The Morgan fingerprint density at radius 2 is 1.79 bits per heavy atom. The van der Waals surface area contributed by atoms with Gasteiger partial charge in [0.25, 0.3) is 0 Å². The highest BCUT2D eigenvalue weighted by molar-refractivity contribution is 5.85. The first-order valence-electron chi connectivity index (χ1n) is 6.64. The summed E-state index contributed by atoms with van der Waals surface area (Å²) in [6, 6.07) is 8.45. The molecule has 1 aliphatic rings. The van der Waals surface area contributed by atoms with Gasteiger partial charge >= 0.3 is 0 Å². The van der Waals surface area contributed by atoms with Gasteiger partial charge in [0.05, 0.1) is 0 Å². The van der Waals surface area contributed by atoms with E-state index in [1.807, 2.05) is 33.0 Å².